The number of amides is 1. The zero-order valence-corrected chi connectivity index (χ0v) is 15.7. The van der Waals surface area contributed by atoms with Crippen LogP contribution in [0.5, 0.6) is 0 Å². The number of benzene rings is 2. The summed E-state index contributed by atoms with van der Waals surface area (Å²) in [6, 6.07) is 17.3. The second kappa shape index (κ2) is 8.08. The molecule has 0 bridgehead atoms. The minimum atomic E-state index is -0.909. The van der Waals surface area contributed by atoms with Gasteiger partial charge in [0.25, 0.3) is 5.91 Å². The van der Waals surface area contributed by atoms with Crippen molar-refractivity contribution in [3.8, 4) is 0 Å². The minimum absolute atomic E-state index is 0.133. The van der Waals surface area contributed by atoms with E-state index in [0.29, 0.717) is 17.7 Å². The fraction of sp³-hybridized carbons (Fsp3) is 0.273. The predicted molar refractivity (Wildman–Crippen MR) is 104 cm³/mol. The molecule has 2 atom stereocenters. The molecule has 0 fully saturated rings. The molecule has 0 aliphatic carbocycles. The number of fused-ring (bicyclic) bond motifs is 1. The van der Waals surface area contributed by atoms with Crippen LogP contribution in [0.25, 0.3) is 11.0 Å². The maximum Gasteiger partial charge on any atom is 0.375 e. The summed E-state index contributed by atoms with van der Waals surface area (Å²) in [4.78, 5) is 24.7. The van der Waals surface area contributed by atoms with E-state index in [9.17, 15) is 9.59 Å². The van der Waals surface area contributed by atoms with Gasteiger partial charge in [-0.25, -0.2) is 4.79 Å². The molecule has 0 aliphatic rings. The molecule has 1 N–H and O–H groups in total. The van der Waals surface area contributed by atoms with Crippen LogP contribution in [-0.2, 0) is 9.53 Å². The largest absolute Gasteiger partial charge is 0.449 e. The van der Waals surface area contributed by atoms with Gasteiger partial charge in [0.05, 0.1) is 0 Å². The Bertz CT molecular complexity index is 945. The van der Waals surface area contributed by atoms with Crippen LogP contribution in [0.15, 0.2) is 59.0 Å². The van der Waals surface area contributed by atoms with E-state index in [2.05, 4.69) is 5.32 Å². The van der Waals surface area contributed by atoms with Crippen LogP contribution in [0.2, 0.25) is 0 Å². The third-order valence-electron chi connectivity index (χ3n) is 4.63. The molecule has 0 saturated carbocycles. The SMILES string of the molecule is Cc1c(C(=O)O[C@@H](C)C(=O)NC[C@@H](C)c2ccccc2)oc2ccccc12. The molecular formula is C22H23NO4. The summed E-state index contributed by atoms with van der Waals surface area (Å²) >= 11 is 0. The topological polar surface area (TPSA) is 68.5 Å². The van der Waals surface area contributed by atoms with Gasteiger partial charge in [-0.3, -0.25) is 4.79 Å². The molecule has 27 heavy (non-hydrogen) atoms. The van der Waals surface area contributed by atoms with E-state index in [1.807, 2.05) is 55.5 Å². The fourth-order valence-corrected chi connectivity index (χ4v) is 2.93. The first-order valence-electron chi connectivity index (χ1n) is 8.99. The molecule has 1 aromatic heterocycles. The summed E-state index contributed by atoms with van der Waals surface area (Å²) in [5.41, 5.74) is 2.47. The highest BCUT2D eigenvalue weighted by Crippen LogP contribution is 2.25. The number of esters is 1. The number of ether oxygens (including phenoxy) is 1. The molecule has 1 amide bonds. The van der Waals surface area contributed by atoms with Crippen molar-refractivity contribution in [3.05, 3.63) is 71.5 Å². The van der Waals surface area contributed by atoms with Crippen LogP contribution in [0.3, 0.4) is 0 Å². The summed E-state index contributed by atoms with van der Waals surface area (Å²) in [5.74, 6) is -0.675. The highest BCUT2D eigenvalue weighted by molar-refractivity contribution is 5.97. The number of hydrogen-bond acceptors (Lipinski definition) is 4. The standard InChI is InChI=1S/C22H23NO4/c1-14(17-9-5-4-6-10-17)13-23-21(24)16(3)26-22(25)20-15(2)18-11-7-8-12-19(18)27-20/h4-12,14,16H,13H2,1-3H3,(H,23,24)/t14-,16+/m1/s1. The van der Waals surface area contributed by atoms with Crippen molar-refractivity contribution in [1.29, 1.82) is 0 Å². The smallest absolute Gasteiger partial charge is 0.375 e. The summed E-state index contributed by atoms with van der Waals surface area (Å²) in [7, 11) is 0. The molecule has 3 aromatic rings. The molecule has 3 rings (SSSR count). The van der Waals surface area contributed by atoms with Gasteiger partial charge in [0.1, 0.15) is 5.58 Å². The summed E-state index contributed by atoms with van der Waals surface area (Å²) in [6.45, 7) is 5.85. The highest BCUT2D eigenvalue weighted by atomic mass is 16.6. The van der Waals surface area contributed by atoms with Crippen LogP contribution in [0.4, 0.5) is 0 Å². The Balaban J connectivity index is 1.58. The van der Waals surface area contributed by atoms with E-state index < -0.39 is 12.1 Å². The number of rotatable bonds is 6. The zero-order chi connectivity index (χ0) is 19.4. The van der Waals surface area contributed by atoms with Gasteiger partial charge in [-0.05, 0) is 31.4 Å². The molecule has 0 saturated heterocycles. The van der Waals surface area contributed by atoms with Crippen LogP contribution in [0.1, 0.15) is 41.4 Å². The van der Waals surface area contributed by atoms with Gasteiger partial charge in [-0.15, -0.1) is 0 Å². The first-order chi connectivity index (χ1) is 13.0. The van der Waals surface area contributed by atoms with Gasteiger partial charge in [0.15, 0.2) is 6.10 Å². The normalized spacial score (nSPS) is 13.1. The summed E-state index contributed by atoms with van der Waals surface area (Å²) in [6.07, 6.45) is -0.909. The van der Waals surface area contributed by atoms with E-state index in [-0.39, 0.29) is 17.6 Å². The second-order valence-electron chi connectivity index (χ2n) is 6.66. The summed E-state index contributed by atoms with van der Waals surface area (Å²) < 4.78 is 10.9. The monoisotopic (exact) mass is 365 g/mol. The van der Waals surface area contributed by atoms with Crippen LogP contribution in [-0.4, -0.2) is 24.5 Å². The molecule has 1 heterocycles. The number of para-hydroxylation sites is 1. The number of aryl methyl sites for hydroxylation is 1. The molecule has 0 aliphatic heterocycles. The summed E-state index contributed by atoms with van der Waals surface area (Å²) in [5, 5.41) is 3.69. The van der Waals surface area contributed by atoms with Crippen molar-refractivity contribution in [1.82, 2.24) is 5.32 Å². The van der Waals surface area contributed by atoms with Gasteiger partial charge in [0, 0.05) is 17.5 Å². The lowest BCUT2D eigenvalue weighted by atomic mass is 10.0. The molecule has 0 radical (unpaired) electrons. The average Bonchev–Trinajstić information content (AvgIpc) is 3.03. The Labute approximate surface area is 158 Å². The molecular weight excluding hydrogens is 342 g/mol. The van der Waals surface area contributed by atoms with Gasteiger partial charge >= 0.3 is 5.97 Å². The van der Waals surface area contributed by atoms with Crippen molar-refractivity contribution in [2.75, 3.05) is 6.54 Å². The Hall–Kier alpha value is -3.08. The van der Waals surface area contributed by atoms with Crippen LogP contribution < -0.4 is 5.32 Å². The maximum atomic E-state index is 12.4. The zero-order valence-electron chi connectivity index (χ0n) is 15.7. The van der Waals surface area contributed by atoms with Crippen molar-refractivity contribution >= 4 is 22.8 Å². The van der Waals surface area contributed by atoms with E-state index in [0.717, 1.165) is 10.9 Å². The second-order valence-corrected chi connectivity index (χ2v) is 6.66. The Morgan fingerprint density at radius 1 is 1.04 bits per heavy atom. The molecule has 0 unspecified atom stereocenters. The maximum absolute atomic E-state index is 12.4. The number of nitrogens with one attached hydrogen (secondary N) is 1. The Morgan fingerprint density at radius 2 is 1.70 bits per heavy atom. The highest BCUT2D eigenvalue weighted by Gasteiger charge is 2.24. The van der Waals surface area contributed by atoms with Crippen molar-refractivity contribution in [2.45, 2.75) is 32.8 Å². The minimum Gasteiger partial charge on any atom is -0.449 e. The lowest BCUT2D eigenvalue weighted by Crippen LogP contribution is -2.37. The van der Waals surface area contributed by atoms with Gasteiger partial charge in [-0.2, -0.15) is 0 Å². The lowest BCUT2D eigenvalue weighted by molar-refractivity contribution is -0.129. The Kier molecular flexibility index (Phi) is 5.60. The van der Waals surface area contributed by atoms with Crippen molar-refractivity contribution < 1.29 is 18.7 Å². The van der Waals surface area contributed by atoms with Crippen LogP contribution >= 0.6 is 0 Å². The van der Waals surface area contributed by atoms with Gasteiger partial charge in [0.2, 0.25) is 5.76 Å². The van der Waals surface area contributed by atoms with Crippen molar-refractivity contribution in [2.24, 2.45) is 0 Å². The van der Waals surface area contributed by atoms with E-state index >= 15 is 0 Å². The quantitative estimate of drug-likeness (QED) is 0.665. The third-order valence-corrected chi connectivity index (χ3v) is 4.63. The van der Waals surface area contributed by atoms with E-state index in [1.54, 1.807) is 19.9 Å². The molecule has 2 aromatic carbocycles. The first-order valence-corrected chi connectivity index (χ1v) is 8.99. The fourth-order valence-electron chi connectivity index (χ4n) is 2.93. The van der Waals surface area contributed by atoms with Gasteiger partial charge < -0.3 is 14.5 Å². The average molecular weight is 365 g/mol. The number of carbonyl (C=O) groups is 2. The first kappa shape index (κ1) is 18.7. The van der Waals surface area contributed by atoms with Crippen LogP contribution in [0, 0.1) is 6.92 Å². The third kappa shape index (κ3) is 4.19. The van der Waals surface area contributed by atoms with E-state index in [4.69, 9.17) is 9.15 Å². The van der Waals surface area contributed by atoms with Gasteiger partial charge in [-0.1, -0.05) is 55.5 Å². The predicted octanol–water partition coefficient (Wildman–Crippen LogP) is 4.21. The molecule has 140 valence electrons. The molecule has 0 spiro atoms. The number of hydrogen-bond donors (Lipinski definition) is 1. The number of carbonyl (C=O) groups excluding carboxylic acids is 2. The van der Waals surface area contributed by atoms with Crippen molar-refractivity contribution in [3.63, 3.8) is 0 Å². The Morgan fingerprint density at radius 3 is 2.41 bits per heavy atom. The van der Waals surface area contributed by atoms with E-state index in [1.165, 1.54) is 0 Å². The molecule has 5 nitrogen and oxygen atoms in total. The molecule has 5 heteroatoms. The number of furan rings is 1. The lowest BCUT2D eigenvalue weighted by Gasteiger charge is -2.16.